The lowest BCUT2D eigenvalue weighted by molar-refractivity contribution is -0.0223. The largest absolute Gasteiger partial charge is 0.495 e. The van der Waals surface area contributed by atoms with Crippen LogP contribution in [-0.2, 0) is 8.85 Å². The normalized spacial score (nSPS) is 14.8. The molecule has 0 saturated heterocycles. The van der Waals surface area contributed by atoms with Gasteiger partial charge in [-0.05, 0) is 41.5 Å². The molecule has 4 heteroatoms. The van der Waals surface area contributed by atoms with E-state index in [1.165, 1.54) is 0 Å². The summed E-state index contributed by atoms with van der Waals surface area (Å²) >= 11 is 0. The molecule has 0 aromatic heterocycles. The predicted molar refractivity (Wildman–Crippen MR) is 55.5 cm³/mol. The van der Waals surface area contributed by atoms with Crippen molar-refractivity contribution >= 4 is 8.80 Å². The molecule has 0 rings (SSSR count). The summed E-state index contributed by atoms with van der Waals surface area (Å²) in [7, 11) is -2.97. The Kier molecular flexibility index (Phi) is 3.72. The van der Waals surface area contributed by atoms with Gasteiger partial charge in [-0.15, -0.1) is 0 Å². The Bertz CT molecular complexity index is 147. The fraction of sp³-hybridized carbons (Fsp3) is 1.00. The SMILES string of the molecule is CC(C)(C)O[Si](C)(O)OC(C)(C)C. The zero-order valence-corrected chi connectivity index (χ0v) is 10.8. The minimum atomic E-state index is -2.97. The van der Waals surface area contributed by atoms with E-state index in [0.717, 1.165) is 0 Å². The predicted octanol–water partition coefficient (Wildman–Crippen LogP) is 2.18. The fourth-order valence-electron chi connectivity index (χ4n) is 1.16. The maximum atomic E-state index is 9.88. The summed E-state index contributed by atoms with van der Waals surface area (Å²) < 4.78 is 10.9. The molecular formula is C9H22O3Si. The van der Waals surface area contributed by atoms with Crippen molar-refractivity contribution in [3.8, 4) is 0 Å². The molecule has 0 spiro atoms. The lowest BCUT2D eigenvalue weighted by Gasteiger charge is -2.34. The van der Waals surface area contributed by atoms with E-state index in [2.05, 4.69) is 0 Å². The number of hydrogen-bond donors (Lipinski definition) is 1. The van der Waals surface area contributed by atoms with Gasteiger partial charge in [0.25, 0.3) is 0 Å². The third-order valence-corrected chi connectivity index (χ3v) is 2.97. The molecule has 0 aromatic carbocycles. The first kappa shape index (κ1) is 13.1. The average molecular weight is 206 g/mol. The van der Waals surface area contributed by atoms with Crippen LogP contribution in [0.15, 0.2) is 0 Å². The van der Waals surface area contributed by atoms with Crippen LogP contribution in [0, 0.1) is 0 Å². The number of hydrogen-bond acceptors (Lipinski definition) is 3. The molecule has 0 aromatic rings. The molecule has 0 bridgehead atoms. The first-order valence-corrected chi connectivity index (χ1v) is 6.80. The van der Waals surface area contributed by atoms with Gasteiger partial charge in [0.2, 0.25) is 0 Å². The van der Waals surface area contributed by atoms with Crippen LogP contribution in [0.5, 0.6) is 0 Å². The Balaban J connectivity index is 4.25. The third-order valence-electron chi connectivity index (χ3n) is 0.991. The van der Waals surface area contributed by atoms with Gasteiger partial charge in [-0.2, -0.15) is 0 Å². The topological polar surface area (TPSA) is 38.7 Å². The van der Waals surface area contributed by atoms with Gasteiger partial charge in [0, 0.05) is 6.55 Å². The molecule has 80 valence electrons. The van der Waals surface area contributed by atoms with Gasteiger partial charge in [-0.3, -0.25) is 0 Å². The van der Waals surface area contributed by atoms with Crippen molar-refractivity contribution in [1.82, 2.24) is 0 Å². The smallest absolute Gasteiger partial charge is 0.390 e. The zero-order valence-electron chi connectivity index (χ0n) is 9.76. The zero-order chi connectivity index (χ0) is 10.9. The molecule has 1 N–H and O–H groups in total. The van der Waals surface area contributed by atoms with E-state index in [0.29, 0.717) is 0 Å². The van der Waals surface area contributed by atoms with Crippen molar-refractivity contribution < 1.29 is 13.6 Å². The van der Waals surface area contributed by atoms with Crippen molar-refractivity contribution in [2.45, 2.75) is 59.3 Å². The van der Waals surface area contributed by atoms with Gasteiger partial charge in [-0.25, -0.2) is 0 Å². The first-order chi connectivity index (χ1) is 5.41. The molecule has 0 aliphatic heterocycles. The second-order valence-corrected chi connectivity index (χ2v) is 7.53. The molecule has 0 heterocycles. The quantitative estimate of drug-likeness (QED) is 0.704. The maximum absolute atomic E-state index is 9.88. The Labute approximate surface area is 82.4 Å². The average Bonchev–Trinajstić information content (AvgIpc) is 1.43. The summed E-state index contributed by atoms with van der Waals surface area (Å²) in [5.41, 5.74) is -0.720. The Hall–Kier alpha value is 0.0969. The number of rotatable bonds is 2. The van der Waals surface area contributed by atoms with Crippen LogP contribution in [0.2, 0.25) is 6.55 Å². The van der Waals surface area contributed by atoms with Gasteiger partial charge in [0.05, 0.1) is 11.2 Å². The van der Waals surface area contributed by atoms with Crippen LogP contribution in [0.1, 0.15) is 41.5 Å². The van der Waals surface area contributed by atoms with Crippen LogP contribution < -0.4 is 0 Å². The molecule has 0 aliphatic carbocycles. The van der Waals surface area contributed by atoms with Gasteiger partial charge >= 0.3 is 8.80 Å². The van der Waals surface area contributed by atoms with E-state index in [4.69, 9.17) is 8.85 Å². The van der Waals surface area contributed by atoms with Gasteiger partial charge in [0.15, 0.2) is 0 Å². The molecule has 0 aliphatic rings. The fourth-order valence-corrected chi connectivity index (χ4v) is 3.47. The van der Waals surface area contributed by atoms with Crippen molar-refractivity contribution in [1.29, 1.82) is 0 Å². The van der Waals surface area contributed by atoms with E-state index in [-0.39, 0.29) is 11.2 Å². The highest BCUT2D eigenvalue weighted by atomic mass is 28.4. The molecule has 0 atom stereocenters. The standard InChI is InChI=1S/C9H22O3Si/c1-8(2,3)11-13(7,10)12-9(4,5)6/h10H,1-7H3. The van der Waals surface area contributed by atoms with E-state index < -0.39 is 8.80 Å². The van der Waals surface area contributed by atoms with Crippen molar-refractivity contribution in [2.24, 2.45) is 0 Å². The summed E-state index contributed by atoms with van der Waals surface area (Å²) in [5, 5.41) is 0. The van der Waals surface area contributed by atoms with Crippen LogP contribution >= 0.6 is 0 Å². The molecule has 0 radical (unpaired) electrons. The summed E-state index contributed by atoms with van der Waals surface area (Å²) in [5.74, 6) is 0. The minimum absolute atomic E-state index is 0.360. The lowest BCUT2D eigenvalue weighted by Crippen LogP contribution is -2.49. The van der Waals surface area contributed by atoms with Crippen LogP contribution in [-0.4, -0.2) is 24.8 Å². The van der Waals surface area contributed by atoms with E-state index in [1.54, 1.807) is 6.55 Å². The summed E-state index contributed by atoms with van der Waals surface area (Å²) in [4.78, 5) is 9.88. The van der Waals surface area contributed by atoms with Gasteiger partial charge in [-0.1, -0.05) is 0 Å². The van der Waals surface area contributed by atoms with Gasteiger partial charge < -0.3 is 13.6 Å². The highest BCUT2D eigenvalue weighted by Gasteiger charge is 2.38. The molecular weight excluding hydrogens is 184 g/mol. The highest BCUT2D eigenvalue weighted by molar-refractivity contribution is 6.57. The summed E-state index contributed by atoms with van der Waals surface area (Å²) in [6.07, 6.45) is 0. The first-order valence-electron chi connectivity index (χ1n) is 4.54. The van der Waals surface area contributed by atoms with Crippen molar-refractivity contribution in [2.75, 3.05) is 0 Å². The highest BCUT2D eigenvalue weighted by Crippen LogP contribution is 2.20. The van der Waals surface area contributed by atoms with E-state index in [9.17, 15) is 4.80 Å². The Morgan fingerprint density at radius 1 is 0.846 bits per heavy atom. The molecule has 0 fully saturated rings. The Morgan fingerprint density at radius 3 is 1.23 bits per heavy atom. The van der Waals surface area contributed by atoms with Crippen LogP contribution in [0.3, 0.4) is 0 Å². The monoisotopic (exact) mass is 206 g/mol. The summed E-state index contributed by atoms with van der Waals surface area (Å²) in [6, 6.07) is 0. The van der Waals surface area contributed by atoms with Crippen LogP contribution in [0.4, 0.5) is 0 Å². The maximum Gasteiger partial charge on any atom is 0.495 e. The molecule has 0 unspecified atom stereocenters. The second kappa shape index (κ2) is 3.69. The van der Waals surface area contributed by atoms with E-state index in [1.807, 2.05) is 41.5 Å². The molecule has 0 saturated carbocycles. The molecule has 13 heavy (non-hydrogen) atoms. The molecule has 0 amide bonds. The third kappa shape index (κ3) is 8.43. The summed E-state index contributed by atoms with van der Waals surface area (Å²) in [6.45, 7) is 13.1. The van der Waals surface area contributed by atoms with Gasteiger partial charge in [0.1, 0.15) is 0 Å². The lowest BCUT2D eigenvalue weighted by atomic mass is 10.2. The Morgan fingerprint density at radius 2 is 1.08 bits per heavy atom. The van der Waals surface area contributed by atoms with Crippen molar-refractivity contribution in [3.05, 3.63) is 0 Å². The molecule has 3 nitrogen and oxygen atoms in total. The van der Waals surface area contributed by atoms with Crippen molar-refractivity contribution in [3.63, 3.8) is 0 Å². The second-order valence-electron chi connectivity index (χ2n) is 5.33. The van der Waals surface area contributed by atoms with E-state index >= 15 is 0 Å². The minimum Gasteiger partial charge on any atom is -0.390 e. The van der Waals surface area contributed by atoms with Crippen LogP contribution in [0.25, 0.3) is 0 Å².